The van der Waals surface area contributed by atoms with Crippen molar-refractivity contribution < 1.29 is 18.3 Å². The third-order valence-electron chi connectivity index (χ3n) is 3.04. The Bertz CT molecular complexity index is 411. The van der Waals surface area contributed by atoms with Crippen LogP contribution in [0.4, 0.5) is 8.78 Å². The fourth-order valence-corrected chi connectivity index (χ4v) is 2.00. The summed E-state index contributed by atoms with van der Waals surface area (Å²) >= 11 is 0. The van der Waals surface area contributed by atoms with Crippen LogP contribution in [-0.2, 0) is 10.2 Å². The first-order valence-electron chi connectivity index (χ1n) is 5.11. The Morgan fingerprint density at radius 1 is 1.38 bits per heavy atom. The first-order valence-corrected chi connectivity index (χ1v) is 5.11. The van der Waals surface area contributed by atoms with Crippen LogP contribution < -0.4 is 4.74 Å². The van der Waals surface area contributed by atoms with Crippen molar-refractivity contribution in [2.75, 3.05) is 0 Å². The van der Waals surface area contributed by atoms with Crippen LogP contribution in [-0.4, -0.2) is 12.4 Å². The molecule has 16 heavy (non-hydrogen) atoms. The topological polar surface area (TPSA) is 26.3 Å². The predicted octanol–water partition coefficient (Wildman–Crippen LogP) is 2.91. The second-order valence-electron chi connectivity index (χ2n) is 4.01. The number of carbonyl (C=O) groups excluding carboxylic acids is 1. The Morgan fingerprint density at radius 3 is 2.50 bits per heavy atom. The van der Waals surface area contributed by atoms with Gasteiger partial charge < -0.3 is 4.74 Å². The zero-order valence-electron chi connectivity index (χ0n) is 8.87. The fourth-order valence-electron chi connectivity index (χ4n) is 2.00. The molecule has 0 N–H and O–H groups in total. The van der Waals surface area contributed by atoms with Crippen molar-refractivity contribution in [1.29, 1.82) is 0 Å². The normalized spacial score (nSPS) is 17.2. The molecule has 0 heterocycles. The van der Waals surface area contributed by atoms with E-state index in [2.05, 4.69) is 4.74 Å². The van der Waals surface area contributed by atoms with E-state index in [1.54, 1.807) is 18.2 Å². The van der Waals surface area contributed by atoms with E-state index in [0.29, 0.717) is 18.4 Å². The lowest BCUT2D eigenvalue weighted by atomic mass is 9.91. The molecule has 0 aliphatic heterocycles. The zero-order chi connectivity index (χ0) is 11.8. The molecule has 0 atom stereocenters. The van der Waals surface area contributed by atoms with Crippen molar-refractivity contribution in [2.45, 2.75) is 31.8 Å². The Labute approximate surface area is 92.2 Å². The number of rotatable bonds is 4. The molecule has 0 bridgehead atoms. The lowest BCUT2D eigenvalue weighted by Gasteiger charge is -2.16. The van der Waals surface area contributed by atoms with Crippen LogP contribution in [0.2, 0.25) is 0 Å². The number of alkyl halides is 2. The molecule has 0 unspecified atom stereocenters. The average Bonchev–Trinajstić information content (AvgIpc) is 2.98. The van der Waals surface area contributed by atoms with Gasteiger partial charge in [-0.3, -0.25) is 4.79 Å². The molecule has 0 radical (unpaired) electrons. The maximum absolute atomic E-state index is 12.2. The van der Waals surface area contributed by atoms with Gasteiger partial charge in [-0.15, -0.1) is 0 Å². The smallest absolute Gasteiger partial charge is 0.387 e. The van der Waals surface area contributed by atoms with Crippen molar-refractivity contribution in [2.24, 2.45) is 0 Å². The summed E-state index contributed by atoms with van der Waals surface area (Å²) in [5, 5.41) is 0. The number of Topliss-reactive ketones (excluding diaryl/α,β-unsaturated/α-hetero) is 1. The second-order valence-corrected chi connectivity index (χ2v) is 4.01. The summed E-state index contributed by atoms with van der Waals surface area (Å²) in [7, 11) is 0. The summed E-state index contributed by atoms with van der Waals surface area (Å²) in [5.74, 6) is 0.128. The van der Waals surface area contributed by atoms with Crippen LogP contribution >= 0.6 is 0 Å². The molecule has 2 rings (SSSR count). The van der Waals surface area contributed by atoms with Crippen molar-refractivity contribution in [3.05, 3.63) is 29.8 Å². The number of benzene rings is 1. The molecule has 0 amide bonds. The Morgan fingerprint density at radius 2 is 2.00 bits per heavy atom. The Hall–Kier alpha value is -1.45. The number of halogens is 2. The highest BCUT2D eigenvalue weighted by Gasteiger charge is 2.50. The Balaban J connectivity index is 2.37. The molecule has 2 nitrogen and oxygen atoms in total. The van der Waals surface area contributed by atoms with Crippen LogP contribution in [0, 0.1) is 0 Å². The zero-order valence-corrected chi connectivity index (χ0v) is 8.87. The third kappa shape index (κ3) is 1.79. The first kappa shape index (κ1) is 11.0. The van der Waals surface area contributed by atoms with Crippen molar-refractivity contribution >= 4 is 5.78 Å². The molecule has 1 aliphatic carbocycles. The lowest BCUT2D eigenvalue weighted by Crippen LogP contribution is -2.19. The van der Waals surface area contributed by atoms with Crippen molar-refractivity contribution in [1.82, 2.24) is 0 Å². The molecule has 1 aliphatic rings. The number of hydrogen-bond donors (Lipinski definition) is 0. The van der Waals surface area contributed by atoms with Gasteiger partial charge in [-0.25, -0.2) is 0 Å². The molecule has 1 fully saturated rings. The molecule has 0 aromatic heterocycles. The van der Waals surface area contributed by atoms with E-state index in [0.717, 1.165) is 0 Å². The van der Waals surface area contributed by atoms with E-state index in [1.807, 2.05) is 0 Å². The molecular formula is C12H12F2O2. The van der Waals surface area contributed by atoms with E-state index < -0.39 is 12.0 Å². The van der Waals surface area contributed by atoms with Crippen LogP contribution in [0.5, 0.6) is 5.75 Å². The molecular weight excluding hydrogens is 214 g/mol. The van der Waals surface area contributed by atoms with E-state index >= 15 is 0 Å². The molecule has 0 saturated heterocycles. The molecule has 0 spiro atoms. The molecule has 1 saturated carbocycles. The van der Waals surface area contributed by atoms with Crippen LogP contribution in [0.25, 0.3) is 0 Å². The monoisotopic (exact) mass is 226 g/mol. The SMILES string of the molecule is CC(=O)C1(c2ccccc2OC(F)F)CC1. The van der Waals surface area contributed by atoms with Crippen molar-refractivity contribution in [3.8, 4) is 5.75 Å². The summed E-state index contributed by atoms with van der Waals surface area (Å²) in [4.78, 5) is 11.5. The number of hydrogen-bond acceptors (Lipinski definition) is 2. The van der Waals surface area contributed by atoms with Crippen molar-refractivity contribution in [3.63, 3.8) is 0 Å². The van der Waals surface area contributed by atoms with Gasteiger partial charge in [-0.05, 0) is 25.8 Å². The lowest BCUT2D eigenvalue weighted by molar-refractivity contribution is -0.119. The first-order chi connectivity index (χ1) is 7.56. The standard InChI is InChI=1S/C12H12F2O2/c1-8(15)12(6-7-12)9-4-2-3-5-10(9)16-11(13)14/h2-5,11H,6-7H2,1H3. The molecule has 1 aromatic rings. The van der Waals surface area contributed by atoms with E-state index in [9.17, 15) is 13.6 Å². The van der Waals surface area contributed by atoms with Gasteiger partial charge in [0.05, 0.1) is 5.41 Å². The quantitative estimate of drug-likeness (QED) is 0.789. The highest BCUT2D eigenvalue weighted by molar-refractivity contribution is 5.91. The number of carbonyl (C=O) groups is 1. The van der Waals surface area contributed by atoms with E-state index in [-0.39, 0.29) is 11.5 Å². The Kier molecular flexibility index (Phi) is 2.66. The average molecular weight is 226 g/mol. The summed E-state index contributed by atoms with van der Waals surface area (Å²) in [5.41, 5.74) is 0.00803. The fraction of sp³-hybridized carbons (Fsp3) is 0.417. The minimum atomic E-state index is -2.86. The third-order valence-corrected chi connectivity index (χ3v) is 3.04. The van der Waals surface area contributed by atoms with Gasteiger partial charge in [0.25, 0.3) is 0 Å². The summed E-state index contributed by atoms with van der Waals surface area (Å²) in [6.45, 7) is -1.37. The summed E-state index contributed by atoms with van der Waals surface area (Å²) < 4.78 is 28.8. The van der Waals surface area contributed by atoms with Gasteiger partial charge in [0, 0.05) is 5.56 Å². The number of para-hydroxylation sites is 1. The summed E-state index contributed by atoms with van der Waals surface area (Å²) in [6, 6.07) is 6.52. The summed E-state index contributed by atoms with van der Waals surface area (Å²) in [6.07, 6.45) is 1.43. The molecule has 1 aromatic carbocycles. The second kappa shape index (κ2) is 3.85. The van der Waals surface area contributed by atoms with Gasteiger partial charge in [0.1, 0.15) is 11.5 Å². The molecule has 4 heteroatoms. The largest absolute Gasteiger partial charge is 0.435 e. The minimum absolute atomic E-state index is 0.0119. The maximum atomic E-state index is 12.2. The van der Waals surface area contributed by atoms with Crippen LogP contribution in [0.15, 0.2) is 24.3 Å². The van der Waals surface area contributed by atoms with Crippen LogP contribution in [0.3, 0.4) is 0 Å². The van der Waals surface area contributed by atoms with Crippen LogP contribution in [0.1, 0.15) is 25.3 Å². The van der Waals surface area contributed by atoms with Gasteiger partial charge >= 0.3 is 6.61 Å². The van der Waals surface area contributed by atoms with Gasteiger partial charge in [-0.1, -0.05) is 18.2 Å². The highest BCUT2D eigenvalue weighted by Crippen LogP contribution is 2.52. The number of ether oxygens (including phenoxy) is 1. The molecule has 86 valence electrons. The minimum Gasteiger partial charge on any atom is -0.435 e. The highest BCUT2D eigenvalue weighted by atomic mass is 19.3. The number of ketones is 1. The van der Waals surface area contributed by atoms with Gasteiger partial charge in [-0.2, -0.15) is 8.78 Å². The predicted molar refractivity (Wildman–Crippen MR) is 54.7 cm³/mol. The van der Waals surface area contributed by atoms with Gasteiger partial charge in [0.15, 0.2) is 0 Å². The maximum Gasteiger partial charge on any atom is 0.387 e. The van der Waals surface area contributed by atoms with Gasteiger partial charge in [0.2, 0.25) is 0 Å². The van der Waals surface area contributed by atoms with E-state index in [1.165, 1.54) is 13.0 Å². The van der Waals surface area contributed by atoms with E-state index in [4.69, 9.17) is 0 Å².